The number of alkyl halides is 3. The lowest BCUT2D eigenvalue weighted by molar-refractivity contribution is -0.192. The lowest BCUT2D eigenvalue weighted by Gasteiger charge is -2.41. The first-order valence-electron chi connectivity index (χ1n) is 22.1. The van der Waals surface area contributed by atoms with Crippen molar-refractivity contribution in [2.75, 3.05) is 57.6 Å². The number of aliphatic carboxylic acids is 2. The first-order valence-corrected chi connectivity index (χ1v) is 23.2. The van der Waals surface area contributed by atoms with E-state index in [-0.39, 0.29) is 86.6 Å². The topological polar surface area (TPSA) is 216 Å². The van der Waals surface area contributed by atoms with Gasteiger partial charge in [-0.3, -0.25) is 33.7 Å². The Labute approximate surface area is 401 Å². The molecule has 15 nitrogen and oxygen atoms in total. The number of rotatable bonds is 28. The minimum absolute atomic E-state index is 0.00366. The monoisotopic (exact) mass is 994 g/mol. The van der Waals surface area contributed by atoms with Gasteiger partial charge in [0.05, 0.1) is 37.5 Å². The molecule has 2 heterocycles. The number of hydrogen-bond donors (Lipinski definition) is 3. The molecule has 0 fully saturated rings. The zero-order valence-electron chi connectivity index (χ0n) is 38.7. The molecule has 0 radical (unpaired) electrons. The van der Waals surface area contributed by atoms with Crippen LogP contribution in [0.3, 0.4) is 0 Å². The van der Waals surface area contributed by atoms with Gasteiger partial charge in [-0.15, -0.1) is 0 Å². The normalized spacial score (nSPS) is 13.5. The van der Waals surface area contributed by atoms with Crippen molar-refractivity contribution in [3.63, 3.8) is 0 Å². The SMILES string of the molecule is CC(C)(C)[C@H](c1cc(-c2cc(F)ccc2F)cn1Cc1ccccc1)N(CCCN)C(=O)CSC[C@H](CC(=O)CCOCCOCCCC(=O)CCN1C(=O)C=CC1=O)C(=O)O.O=C(O)C(F)(F)F. The molecule has 21 heteroatoms. The number of nitrogens with zero attached hydrogens (tertiary/aromatic N) is 3. The van der Waals surface area contributed by atoms with Crippen LogP contribution in [0.2, 0.25) is 0 Å². The zero-order chi connectivity index (χ0) is 51.3. The second kappa shape index (κ2) is 28.0. The van der Waals surface area contributed by atoms with Gasteiger partial charge >= 0.3 is 18.1 Å². The molecule has 4 rings (SSSR count). The van der Waals surface area contributed by atoms with Crippen LogP contribution in [0.15, 0.2) is 72.9 Å². The van der Waals surface area contributed by atoms with Crippen molar-refractivity contribution in [3.8, 4) is 11.1 Å². The molecule has 1 aromatic heterocycles. The Morgan fingerprint density at radius 1 is 0.826 bits per heavy atom. The van der Waals surface area contributed by atoms with E-state index in [1.807, 2.05) is 55.7 Å². The standard InChI is InChI=1S/C46H58F2N4O9S.C2HF3O2/c1-46(2,3)44(40-26-33(38-27-35(47)12-13-39(38)48)29-50(40)28-32-9-5-4-6-10-32)52(19-8-18-49)43(57)31-62-30-34(45(58)59)25-37(54)17-22-61-24-23-60-21-7-11-36(53)16-20-51-41(55)14-15-42(51)56;3-2(4,5)1(6)7/h4-6,9-10,12-15,26-27,29,34,44H,7-8,11,16-25,28,30-31,49H2,1-3H3,(H,58,59);(H,6,7)/t34-,44-;/m0./s1. The third-order valence-electron chi connectivity index (χ3n) is 10.5. The van der Waals surface area contributed by atoms with Crippen LogP contribution in [0.5, 0.6) is 0 Å². The lowest BCUT2D eigenvalue weighted by Crippen LogP contribution is -2.44. The minimum atomic E-state index is -5.08. The maximum atomic E-state index is 15.1. The van der Waals surface area contributed by atoms with Gasteiger partial charge in [0.25, 0.3) is 11.8 Å². The minimum Gasteiger partial charge on any atom is -0.481 e. The van der Waals surface area contributed by atoms with Crippen molar-refractivity contribution in [3.05, 3.63) is 95.8 Å². The molecule has 3 amide bonds. The first kappa shape index (κ1) is 57.5. The Kier molecular flexibility index (Phi) is 23.4. The number of carbonyl (C=O) groups is 7. The fourth-order valence-corrected chi connectivity index (χ4v) is 8.13. The molecule has 1 aliphatic heterocycles. The molecule has 378 valence electrons. The van der Waals surface area contributed by atoms with Crippen LogP contribution in [-0.2, 0) is 49.6 Å². The molecule has 1 aliphatic rings. The summed E-state index contributed by atoms with van der Waals surface area (Å²) in [5.74, 6) is -7.60. The predicted octanol–water partition coefficient (Wildman–Crippen LogP) is 6.86. The number of amides is 3. The third-order valence-corrected chi connectivity index (χ3v) is 11.6. The molecular formula is C48H59F5N4O11S. The van der Waals surface area contributed by atoms with E-state index in [2.05, 4.69) is 0 Å². The number of ketones is 2. The van der Waals surface area contributed by atoms with Crippen molar-refractivity contribution in [2.45, 2.75) is 78.1 Å². The molecule has 69 heavy (non-hydrogen) atoms. The summed E-state index contributed by atoms with van der Waals surface area (Å²) in [7, 11) is 0. The number of imide groups is 1. The van der Waals surface area contributed by atoms with Crippen LogP contribution in [0, 0.1) is 23.0 Å². The summed E-state index contributed by atoms with van der Waals surface area (Å²) in [4.78, 5) is 86.1. The predicted molar refractivity (Wildman–Crippen MR) is 246 cm³/mol. The summed E-state index contributed by atoms with van der Waals surface area (Å²) in [6, 6.07) is 14.2. The number of carboxylic acids is 2. The van der Waals surface area contributed by atoms with Gasteiger partial charge in [-0.05, 0) is 54.6 Å². The van der Waals surface area contributed by atoms with E-state index in [1.54, 1.807) is 17.2 Å². The smallest absolute Gasteiger partial charge is 0.481 e. The molecule has 2 aromatic carbocycles. The average molecular weight is 995 g/mol. The molecule has 0 spiro atoms. The Morgan fingerprint density at radius 2 is 1.46 bits per heavy atom. The van der Waals surface area contributed by atoms with Gasteiger partial charge in [-0.1, -0.05) is 51.1 Å². The van der Waals surface area contributed by atoms with Crippen molar-refractivity contribution in [1.29, 1.82) is 0 Å². The number of carbonyl (C=O) groups excluding carboxylic acids is 5. The molecule has 3 aromatic rings. The highest BCUT2D eigenvalue weighted by Gasteiger charge is 2.39. The van der Waals surface area contributed by atoms with Gasteiger partial charge in [-0.2, -0.15) is 24.9 Å². The number of benzene rings is 2. The van der Waals surface area contributed by atoms with Crippen molar-refractivity contribution < 1.29 is 75.2 Å². The summed E-state index contributed by atoms with van der Waals surface area (Å²) in [5, 5.41) is 17.1. The van der Waals surface area contributed by atoms with E-state index in [0.717, 1.165) is 40.4 Å². The Hall–Kier alpha value is -5.77. The van der Waals surface area contributed by atoms with Crippen molar-refractivity contribution >= 4 is 53.0 Å². The maximum absolute atomic E-state index is 15.1. The number of nitrogens with two attached hydrogens (primary N) is 1. The van der Waals surface area contributed by atoms with E-state index in [1.165, 1.54) is 12.2 Å². The third kappa shape index (κ3) is 19.6. The molecule has 0 saturated carbocycles. The van der Waals surface area contributed by atoms with Crippen LogP contribution in [0.25, 0.3) is 11.1 Å². The number of ether oxygens (including phenoxy) is 2. The number of hydrogen-bond acceptors (Lipinski definition) is 11. The van der Waals surface area contributed by atoms with Gasteiger partial charge in [0.2, 0.25) is 5.91 Å². The summed E-state index contributed by atoms with van der Waals surface area (Å²) >= 11 is 1.13. The highest BCUT2D eigenvalue weighted by atomic mass is 32.2. The summed E-state index contributed by atoms with van der Waals surface area (Å²) in [6.45, 7) is 7.87. The average Bonchev–Trinajstić information content (AvgIpc) is 3.83. The highest BCUT2D eigenvalue weighted by Crippen LogP contribution is 2.41. The molecule has 4 N–H and O–H groups in total. The maximum Gasteiger partial charge on any atom is 0.490 e. The second-order valence-electron chi connectivity index (χ2n) is 17.0. The lowest BCUT2D eigenvalue weighted by atomic mass is 9.83. The number of Topliss-reactive ketones (excluding diaryl/α,β-unsaturated/α-hetero) is 2. The van der Waals surface area contributed by atoms with E-state index in [9.17, 15) is 51.4 Å². The summed E-state index contributed by atoms with van der Waals surface area (Å²) < 4.78 is 74.2. The molecular weight excluding hydrogens is 936 g/mol. The Bertz CT molecular complexity index is 2230. The number of aromatic nitrogens is 1. The van der Waals surface area contributed by atoms with E-state index >= 15 is 4.39 Å². The number of carboxylic acid groups (broad SMARTS) is 2. The molecule has 0 unspecified atom stereocenters. The van der Waals surface area contributed by atoms with Gasteiger partial charge in [0.1, 0.15) is 23.2 Å². The van der Waals surface area contributed by atoms with E-state index in [0.29, 0.717) is 50.3 Å². The van der Waals surface area contributed by atoms with Gasteiger partial charge < -0.3 is 34.9 Å². The first-order chi connectivity index (χ1) is 32.5. The molecule has 0 saturated heterocycles. The Morgan fingerprint density at radius 3 is 2.06 bits per heavy atom. The van der Waals surface area contributed by atoms with Crippen LogP contribution in [0.1, 0.15) is 76.6 Å². The molecule has 2 atom stereocenters. The quantitative estimate of drug-likeness (QED) is 0.0386. The summed E-state index contributed by atoms with van der Waals surface area (Å²) in [5.41, 5.74) is 7.62. The van der Waals surface area contributed by atoms with Gasteiger partial charge in [-0.25, -0.2) is 13.6 Å². The van der Waals surface area contributed by atoms with Gasteiger partial charge in [0, 0.05) is 92.8 Å². The fraction of sp³-hybridized carbons (Fsp3) is 0.479. The van der Waals surface area contributed by atoms with Crippen LogP contribution < -0.4 is 5.73 Å². The number of thioether (sulfide) groups is 1. The molecule has 0 aliphatic carbocycles. The van der Waals surface area contributed by atoms with Gasteiger partial charge in [0.15, 0.2) is 0 Å². The molecule has 0 bridgehead atoms. The zero-order valence-corrected chi connectivity index (χ0v) is 39.5. The highest BCUT2D eigenvalue weighted by molar-refractivity contribution is 7.99. The van der Waals surface area contributed by atoms with Crippen molar-refractivity contribution in [1.82, 2.24) is 14.4 Å². The fourth-order valence-electron chi connectivity index (χ4n) is 7.13. The van der Waals surface area contributed by atoms with Crippen LogP contribution in [0.4, 0.5) is 22.0 Å². The van der Waals surface area contributed by atoms with Crippen molar-refractivity contribution in [2.24, 2.45) is 17.1 Å². The van der Waals surface area contributed by atoms with E-state index < -0.39 is 58.9 Å². The van der Waals surface area contributed by atoms with E-state index in [4.69, 9.17) is 25.1 Å². The summed E-state index contributed by atoms with van der Waals surface area (Å²) in [6.07, 6.45) is 0.0959. The number of halogens is 5. The Balaban J connectivity index is 0.00000167. The van der Waals surface area contributed by atoms with Crippen LogP contribution >= 0.6 is 11.8 Å². The largest absolute Gasteiger partial charge is 0.490 e. The second-order valence-corrected chi connectivity index (χ2v) is 18.0. The van der Waals surface area contributed by atoms with Crippen LogP contribution in [-0.4, -0.2) is 130 Å².